The topological polar surface area (TPSA) is 76.7 Å². The lowest BCUT2D eigenvalue weighted by Crippen LogP contribution is -2.69. The number of amides is 1. The number of nitriles is 1. The van der Waals surface area contributed by atoms with Crippen molar-refractivity contribution < 1.29 is 40.6 Å². The maximum absolute atomic E-state index is 14.3. The molecule has 28 heavy (non-hydrogen) atoms. The van der Waals surface area contributed by atoms with Crippen LogP contribution in [0.5, 0.6) is 0 Å². The average molecular weight is 476 g/mol. The van der Waals surface area contributed by atoms with E-state index < -0.39 is 53.2 Å². The van der Waals surface area contributed by atoms with Gasteiger partial charge >= 0.3 is 18.0 Å². The molecule has 1 atom stereocenters. The van der Waals surface area contributed by atoms with Crippen molar-refractivity contribution in [3.8, 4) is 6.07 Å². The number of nitrogens with zero attached hydrogens (tertiary/aromatic N) is 3. The van der Waals surface area contributed by atoms with Crippen molar-refractivity contribution in [2.45, 2.75) is 36.6 Å². The highest BCUT2D eigenvalue weighted by Gasteiger charge is 2.82. The van der Waals surface area contributed by atoms with Gasteiger partial charge < -0.3 is 5.11 Å². The van der Waals surface area contributed by atoms with Crippen molar-refractivity contribution in [1.29, 1.82) is 5.26 Å². The van der Waals surface area contributed by atoms with Crippen molar-refractivity contribution in [2.24, 2.45) is 5.10 Å². The Morgan fingerprint density at radius 2 is 1.75 bits per heavy atom. The largest absolute Gasteiger partial charge is 0.460 e. The number of hydrogen-bond donors (Lipinski definition) is 1. The van der Waals surface area contributed by atoms with Gasteiger partial charge in [0.05, 0.1) is 11.8 Å². The summed E-state index contributed by atoms with van der Waals surface area (Å²) < 4.78 is 93.8. The van der Waals surface area contributed by atoms with E-state index in [-0.39, 0.29) is 5.56 Å². The van der Waals surface area contributed by atoms with Crippen LogP contribution in [0.1, 0.15) is 18.4 Å². The summed E-state index contributed by atoms with van der Waals surface area (Å²) >= 11 is 3.08. The summed E-state index contributed by atoms with van der Waals surface area (Å²) in [4.78, 5) is 11.9. The second-order valence-corrected chi connectivity index (χ2v) is 6.65. The number of benzene rings is 1. The van der Waals surface area contributed by atoms with E-state index in [1.165, 1.54) is 30.3 Å². The standard InChI is InChI=1S/C15H9BrF7N3O2/c16-9-3-1-8(2-4-9)10-7-12(28,26(25-10)11(27)5-6-24)13(17,18)14(19,20)15(21,22)23/h1-4,28H,5,7H2/t12-/m0/s1. The van der Waals surface area contributed by atoms with E-state index in [0.717, 1.165) is 0 Å². The van der Waals surface area contributed by atoms with E-state index in [9.17, 15) is 40.6 Å². The molecule has 0 radical (unpaired) electrons. The van der Waals surface area contributed by atoms with Crippen LogP contribution in [-0.2, 0) is 4.79 Å². The highest BCUT2D eigenvalue weighted by Crippen LogP contribution is 2.54. The minimum absolute atomic E-state index is 0.0139. The second-order valence-electron chi connectivity index (χ2n) is 5.73. The molecule has 152 valence electrons. The molecule has 0 fully saturated rings. The molecular formula is C15H9BrF7N3O2. The van der Waals surface area contributed by atoms with Gasteiger partial charge in [-0.05, 0) is 17.7 Å². The molecule has 0 aromatic heterocycles. The molecule has 1 aliphatic rings. The van der Waals surface area contributed by atoms with Crippen molar-refractivity contribution in [3.63, 3.8) is 0 Å². The Morgan fingerprint density at radius 1 is 1.21 bits per heavy atom. The van der Waals surface area contributed by atoms with Crippen LogP contribution >= 0.6 is 15.9 Å². The molecular weight excluding hydrogens is 467 g/mol. The van der Waals surface area contributed by atoms with Gasteiger partial charge in [-0.25, -0.2) is 0 Å². The summed E-state index contributed by atoms with van der Waals surface area (Å²) in [5.74, 6) is -14.5. The van der Waals surface area contributed by atoms with Gasteiger partial charge in [0.15, 0.2) is 0 Å². The third-order valence-corrected chi connectivity index (χ3v) is 4.41. The summed E-state index contributed by atoms with van der Waals surface area (Å²) in [5.41, 5.74) is -4.90. The van der Waals surface area contributed by atoms with Gasteiger partial charge in [-0.2, -0.15) is 46.1 Å². The minimum atomic E-state index is -6.73. The molecule has 0 bridgehead atoms. The Labute approximate surface area is 161 Å². The number of alkyl halides is 7. The molecule has 0 saturated heterocycles. The predicted molar refractivity (Wildman–Crippen MR) is 83.3 cm³/mol. The van der Waals surface area contributed by atoms with Gasteiger partial charge in [-0.1, -0.05) is 28.1 Å². The maximum Gasteiger partial charge on any atom is 0.460 e. The lowest BCUT2D eigenvalue weighted by Gasteiger charge is -2.41. The zero-order chi connectivity index (χ0) is 21.5. The lowest BCUT2D eigenvalue weighted by atomic mass is 9.91. The summed E-state index contributed by atoms with van der Waals surface area (Å²) in [5, 5.41) is 21.5. The first kappa shape index (κ1) is 22.1. The first-order chi connectivity index (χ1) is 12.7. The molecule has 5 nitrogen and oxygen atoms in total. The van der Waals surface area contributed by atoms with Crippen molar-refractivity contribution in [2.75, 3.05) is 0 Å². The lowest BCUT2D eigenvalue weighted by molar-refractivity contribution is -0.401. The van der Waals surface area contributed by atoms with Crippen molar-refractivity contribution >= 4 is 27.5 Å². The molecule has 0 unspecified atom stereocenters. The molecule has 1 N–H and O–H groups in total. The van der Waals surface area contributed by atoms with Gasteiger partial charge in [-0.15, -0.1) is 0 Å². The number of carbonyl (C=O) groups is 1. The zero-order valence-electron chi connectivity index (χ0n) is 13.4. The van der Waals surface area contributed by atoms with Gasteiger partial charge in [0, 0.05) is 10.9 Å². The quantitative estimate of drug-likeness (QED) is 0.672. The number of aliphatic hydroxyl groups is 1. The van der Waals surface area contributed by atoms with E-state index in [1.54, 1.807) is 0 Å². The predicted octanol–water partition coefficient (Wildman–Crippen LogP) is 3.82. The number of carbonyl (C=O) groups excluding carboxylic acids is 1. The first-order valence-electron chi connectivity index (χ1n) is 7.27. The molecule has 1 amide bonds. The van der Waals surface area contributed by atoms with E-state index >= 15 is 0 Å². The fourth-order valence-electron chi connectivity index (χ4n) is 2.43. The molecule has 1 aromatic carbocycles. The number of rotatable bonds is 4. The van der Waals surface area contributed by atoms with E-state index in [1.807, 2.05) is 0 Å². The highest BCUT2D eigenvalue weighted by atomic mass is 79.9. The van der Waals surface area contributed by atoms with Gasteiger partial charge in [-0.3, -0.25) is 4.79 Å². The molecule has 0 aliphatic carbocycles. The maximum atomic E-state index is 14.3. The number of hydrogen-bond acceptors (Lipinski definition) is 4. The number of halogens is 8. The average Bonchev–Trinajstić information content (AvgIpc) is 2.94. The Kier molecular flexibility index (Phi) is 5.52. The van der Waals surface area contributed by atoms with Crippen molar-refractivity contribution in [1.82, 2.24) is 5.01 Å². The third-order valence-electron chi connectivity index (χ3n) is 3.88. The molecule has 1 aromatic rings. The van der Waals surface area contributed by atoms with E-state index in [0.29, 0.717) is 4.47 Å². The molecule has 13 heteroatoms. The van der Waals surface area contributed by atoms with Crippen LogP contribution in [0.15, 0.2) is 33.8 Å². The smallest absolute Gasteiger partial charge is 0.364 e. The van der Waals surface area contributed by atoms with Gasteiger partial charge in [0.2, 0.25) is 5.72 Å². The number of hydrazone groups is 1. The SMILES string of the molecule is N#CCC(=O)N1N=C(c2ccc(Br)cc2)C[C@]1(O)C(F)(F)C(F)(F)C(F)(F)F. The fraction of sp³-hybridized carbons (Fsp3) is 0.400. The Hall–Kier alpha value is -2.20. The minimum Gasteiger partial charge on any atom is -0.364 e. The molecule has 1 heterocycles. The van der Waals surface area contributed by atoms with Gasteiger partial charge in [0.25, 0.3) is 5.91 Å². The van der Waals surface area contributed by atoms with Crippen LogP contribution in [0.3, 0.4) is 0 Å². The first-order valence-corrected chi connectivity index (χ1v) is 8.06. The van der Waals surface area contributed by atoms with E-state index in [2.05, 4.69) is 21.0 Å². The Morgan fingerprint density at radius 3 is 2.21 bits per heavy atom. The zero-order valence-corrected chi connectivity index (χ0v) is 15.0. The van der Waals surface area contributed by atoms with Crippen LogP contribution in [0.4, 0.5) is 30.7 Å². The van der Waals surface area contributed by atoms with Crippen LogP contribution in [0, 0.1) is 11.3 Å². The van der Waals surface area contributed by atoms with E-state index in [4.69, 9.17) is 5.26 Å². The summed E-state index contributed by atoms with van der Waals surface area (Å²) in [7, 11) is 0. The molecule has 0 saturated carbocycles. The fourth-order valence-corrected chi connectivity index (χ4v) is 2.69. The van der Waals surface area contributed by atoms with Crippen LogP contribution in [0.2, 0.25) is 0 Å². The van der Waals surface area contributed by atoms with Crippen molar-refractivity contribution in [3.05, 3.63) is 34.3 Å². The monoisotopic (exact) mass is 475 g/mol. The van der Waals surface area contributed by atoms with Crippen LogP contribution in [-0.4, -0.2) is 45.5 Å². The summed E-state index contributed by atoms with van der Waals surface area (Å²) in [6.45, 7) is 0. The second kappa shape index (κ2) is 7.00. The highest BCUT2D eigenvalue weighted by molar-refractivity contribution is 9.10. The van der Waals surface area contributed by atoms with Crippen LogP contribution < -0.4 is 0 Å². The Balaban J connectivity index is 2.59. The normalized spacial score (nSPS) is 20.7. The summed E-state index contributed by atoms with van der Waals surface area (Å²) in [6.07, 6.45) is -9.44. The molecule has 1 aliphatic heterocycles. The summed E-state index contributed by atoms with van der Waals surface area (Å²) in [6, 6.07) is 6.51. The molecule has 2 rings (SSSR count). The van der Waals surface area contributed by atoms with Crippen LogP contribution in [0.25, 0.3) is 0 Å². The Bertz CT molecular complexity index is 849. The van der Waals surface area contributed by atoms with Gasteiger partial charge in [0.1, 0.15) is 6.42 Å². The third kappa shape index (κ3) is 3.35. The molecule has 0 spiro atoms.